The molecule has 0 aliphatic carbocycles. The monoisotopic (exact) mass is 251 g/mol. The van der Waals surface area contributed by atoms with Gasteiger partial charge in [-0.1, -0.05) is 31.9 Å². The number of hydrogen-bond acceptors (Lipinski definition) is 2. The van der Waals surface area contributed by atoms with Crippen molar-refractivity contribution in [3.63, 3.8) is 0 Å². The van der Waals surface area contributed by atoms with Gasteiger partial charge in [-0.25, -0.2) is 0 Å². The van der Waals surface area contributed by atoms with Crippen molar-refractivity contribution >= 4 is 5.91 Å². The number of ether oxygens (including phenoxy) is 1. The van der Waals surface area contributed by atoms with Crippen LogP contribution in [0.3, 0.4) is 0 Å². The number of carbonyl (C=O) groups excluding carboxylic acids is 1. The summed E-state index contributed by atoms with van der Waals surface area (Å²) in [6, 6.07) is 0. The van der Waals surface area contributed by atoms with Crippen LogP contribution in [-0.2, 0) is 9.53 Å². The molecule has 0 aromatic carbocycles. The Balaban J connectivity index is 4.16. The lowest BCUT2D eigenvalue weighted by atomic mass is 10.2. The predicted molar refractivity (Wildman–Crippen MR) is 76.2 cm³/mol. The quantitative estimate of drug-likeness (QED) is 0.311. The lowest BCUT2D eigenvalue weighted by Crippen LogP contribution is -2.18. The molecule has 0 heterocycles. The van der Waals surface area contributed by atoms with E-state index in [-0.39, 0.29) is 5.91 Å². The summed E-state index contributed by atoms with van der Waals surface area (Å²) in [6.45, 7) is 6.72. The van der Waals surface area contributed by atoms with Crippen molar-refractivity contribution in [3.05, 3.63) is 35.6 Å². The number of hydrogen-bond donors (Lipinski definition) is 1. The van der Waals surface area contributed by atoms with Gasteiger partial charge in [0.1, 0.15) is 0 Å². The first kappa shape index (κ1) is 16.5. The Kier molecular flexibility index (Phi) is 9.74. The first-order valence-corrected chi connectivity index (χ1v) is 6.50. The zero-order chi connectivity index (χ0) is 13.8. The van der Waals surface area contributed by atoms with Crippen molar-refractivity contribution in [1.82, 2.24) is 5.32 Å². The molecule has 0 rings (SSSR count). The van der Waals surface area contributed by atoms with Crippen LogP contribution in [0.2, 0.25) is 0 Å². The topological polar surface area (TPSA) is 38.3 Å². The molecule has 0 aromatic rings. The van der Waals surface area contributed by atoms with Crippen molar-refractivity contribution in [1.29, 1.82) is 0 Å². The lowest BCUT2D eigenvalue weighted by molar-refractivity contribution is -0.116. The average Bonchev–Trinajstić information content (AvgIpc) is 2.38. The third-order valence-corrected chi connectivity index (χ3v) is 2.46. The molecule has 1 N–H and O–H groups in total. The van der Waals surface area contributed by atoms with Gasteiger partial charge < -0.3 is 10.1 Å². The molecule has 0 aliphatic rings. The van der Waals surface area contributed by atoms with Gasteiger partial charge in [0.05, 0.1) is 12.9 Å². The first-order valence-electron chi connectivity index (χ1n) is 6.50. The standard InChI is InChI=1S/C15H25NO2/c1-5-7-8-11-18-12-13(3)9-10-14(6-2)15(17)16-4/h6,9-10,12H,5,7-8,11H2,1-4H3,(H,16,17)/b10-9-,13-12+,14-6+. The fourth-order valence-electron chi connectivity index (χ4n) is 1.33. The van der Waals surface area contributed by atoms with Crippen LogP contribution in [0, 0.1) is 0 Å². The molecule has 0 unspecified atom stereocenters. The van der Waals surface area contributed by atoms with Crippen LogP contribution in [0.4, 0.5) is 0 Å². The Morgan fingerprint density at radius 3 is 2.56 bits per heavy atom. The molecule has 0 aliphatic heterocycles. The molecule has 0 bridgehead atoms. The second-order valence-electron chi connectivity index (χ2n) is 4.10. The molecule has 3 heteroatoms. The second kappa shape index (κ2) is 10.6. The van der Waals surface area contributed by atoms with Gasteiger partial charge in [-0.05, 0) is 31.9 Å². The molecule has 0 spiro atoms. The van der Waals surface area contributed by atoms with Gasteiger partial charge in [-0.2, -0.15) is 0 Å². The SMILES string of the molecule is C\C=C(/C=C\C(C)=C\OCCCCC)C(=O)NC. The van der Waals surface area contributed by atoms with E-state index in [1.807, 2.05) is 19.9 Å². The highest BCUT2D eigenvalue weighted by atomic mass is 16.5. The van der Waals surface area contributed by atoms with Gasteiger partial charge in [0.15, 0.2) is 0 Å². The summed E-state index contributed by atoms with van der Waals surface area (Å²) in [5.74, 6) is -0.0783. The molecule has 0 fully saturated rings. The van der Waals surface area contributed by atoms with Crippen molar-refractivity contribution in [2.24, 2.45) is 0 Å². The fourth-order valence-corrected chi connectivity index (χ4v) is 1.33. The Morgan fingerprint density at radius 2 is 2.00 bits per heavy atom. The maximum Gasteiger partial charge on any atom is 0.250 e. The van der Waals surface area contributed by atoms with Gasteiger partial charge in [-0.3, -0.25) is 4.79 Å². The predicted octanol–water partition coefficient (Wildman–Crippen LogP) is 3.35. The van der Waals surface area contributed by atoms with E-state index in [0.29, 0.717) is 5.57 Å². The van der Waals surface area contributed by atoms with Crippen LogP contribution in [0.1, 0.15) is 40.0 Å². The highest BCUT2D eigenvalue weighted by Gasteiger charge is 2.00. The van der Waals surface area contributed by atoms with Crippen molar-refractivity contribution in [2.45, 2.75) is 40.0 Å². The molecule has 0 saturated carbocycles. The minimum absolute atomic E-state index is 0.0783. The normalized spacial score (nSPS) is 12.9. The maximum absolute atomic E-state index is 11.4. The van der Waals surface area contributed by atoms with E-state index in [2.05, 4.69) is 12.2 Å². The van der Waals surface area contributed by atoms with Crippen molar-refractivity contribution in [2.75, 3.05) is 13.7 Å². The fraction of sp³-hybridized carbons (Fsp3) is 0.533. The number of likely N-dealkylation sites (N-methyl/N-ethyl adjacent to an activating group) is 1. The third-order valence-electron chi connectivity index (χ3n) is 2.46. The molecule has 0 saturated heterocycles. The highest BCUT2D eigenvalue weighted by molar-refractivity contribution is 5.95. The highest BCUT2D eigenvalue weighted by Crippen LogP contribution is 2.03. The largest absolute Gasteiger partial charge is 0.501 e. The van der Waals surface area contributed by atoms with Gasteiger partial charge >= 0.3 is 0 Å². The van der Waals surface area contributed by atoms with E-state index >= 15 is 0 Å². The lowest BCUT2D eigenvalue weighted by Gasteiger charge is -2.01. The Bertz CT molecular complexity index is 327. The minimum Gasteiger partial charge on any atom is -0.501 e. The molecule has 0 atom stereocenters. The Morgan fingerprint density at radius 1 is 1.28 bits per heavy atom. The van der Waals surface area contributed by atoms with E-state index in [9.17, 15) is 4.79 Å². The average molecular weight is 251 g/mol. The van der Waals surface area contributed by atoms with E-state index in [0.717, 1.165) is 18.6 Å². The van der Waals surface area contributed by atoms with E-state index in [4.69, 9.17) is 4.74 Å². The van der Waals surface area contributed by atoms with Crippen LogP contribution < -0.4 is 5.32 Å². The molecular weight excluding hydrogens is 226 g/mol. The van der Waals surface area contributed by atoms with Crippen LogP contribution in [0.25, 0.3) is 0 Å². The Hall–Kier alpha value is -1.51. The zero-order valence-electron chi connectivity index (χ0n) is 12.0. The zero-order valence-corrected chi connectivity index (χ0v) is 12.0. The van der Waals surface area contributed by atoms with Crippen LogP contribution >= 0.6 is 0 Å². The number of rotatable bonds is 8. The van der Waals surface area contributed by atoms with E-state index in [1.54, 1.807) is 25.5 Å². The first-order chi connectivity index (χ1) is 8.65. The summed E-state index contributed by atoms with van der Waals surface area (Å²) < 4.78 is 5.42. The maximum atomic E-state index is 11.4. The Labute approximate surface area is 111 Å². The summed E-state index contributed by atoms with van der Waals surface area (Å²) in [7, 11) is 1.62. The number of allylic oxidation sites excluding steroid dienone is 3. The minimum atomic E-state index is -0.0783. The smallest absolute Gasteiger partial charge is 0.250 e. The van der Waals surface area contributed by atoms with Crippen LogP contribution in [-0.4, -0.2) is 19.6 Å². The molecule has 0 radical (unpaired) electrons. The summed E-state index contributed by atoms with van der Waals surface area (Å²) in [6.07, 6.45) is 10.7. The molecule has 102 valence electrons. The summed E-state index contributed by atoms with van der Waals surface area (Å²) in [4.78, 5) is 11.4. The number of nitrogens with one attached hydrogen (secondary N) is 1. The van der Waals surface area contributed by atoms with Gasteiger partial charge in [0.25, 0.3) is 5.91 Å². The van der Waals surface area contributed by atoms with Gasteiger partial charge in [0, 0.05) is 12.6 Å². The molecule has 18 heavy (non-hydrogen) atoms. The van der Waals surface area contributed by atoms with E-state index in [1.165, 1.54) is 12.8 Å². The van der Waals surface area contributed by atoms with Crippen LogP contribution in [0.5, 0.6) is 0 Å². The number of amides is 1. The molecule has 0 aromatic heterocycles. The third kappa shape index (κ3) is 7.71. The summed E-state index contributed by atoms with van der Waals surface area (Å²) in [5, 5.41) is 2.60. The van der Waals surface area contributed by atoms with Gasteiger partial charge in [-0.15, -0.1) is 0 Å². The van der Waals surface area contributed by atoms with Crippen LogP contribution in [0.15, 0.2) is 35.6 Å². The second-order valence-corrected chi connectivity index (χ2v) is 4.10. The summed E-state index contributed by atoms with van der Waals surface area (Å²) in [5.41, 5.74) is 1.64. The van der Waals surface area contributed by atoms with Gasteiger partial charge in [0.2, 0.25) is 0 Å². The van der Waals surface area contributed by atoms with Crippen molar-refractivity contribution < 1.29 is 9.53 Å². The summed E-state index contributed by atoms with van der Waals surface area (Å²) >= 11 is 0. The van der Waals surface area contributed by atoms with E-state index < -0.39 is 0 Å². The van der Waals surface area contributed by atoms with Crippen molar-refractivity contribution in [3.8, 4) is 0 Å². The molecule has 3 nitrogen and oxygen atoms in total. The molecule has 1 amide bonds. The number of unbranched alkanes of at least 4 members (excludes halogenated alkanes) is 2. The molecular formula is C15H25NO2. The number of carbonyl (C=O) groups is 1.